The standard InChI is InChI=1S/C16H28N4O2/c1-13(2)16-18-15(22-19-16)12-17-14(21)8-11-20-9-6-4-3-5-7-10-20/h13H,3-12H2,1-2H3,(H,17,21). The molecule has 1 aliphatic heterocycles. The van der Waals surface area contributed by atoms with E-state index in [4.69, 9.17) is 4.52 Å². The Morgan fingerprint density at radius 3 is 2.55 bits per heavy atom. The van der Waals surface area contributed by atoms with Gasteiger partial charge in [0.1, 0.15) is 0 Å². The maximum Gasteiger partial charge on any atom is 0.246 e. The third-order valence-electron chi connectivity index (χ3n) is 4.04. The molecule has 0 aromatic carbocycles. The molecular formula is C16H28N4O2. The highest BCUT2D eigenvalue weighted by atomic mass is 16.5. The molecule has 1 saturated heterocycles. The quantitative estimate of drug-likeness (QED) is 0.874. The van der Waals surface area contributed by atoms with Crippen LogP contribution < -0.4 is 5.32 Å². The predicted octanol–water partition coefficient (Wildman–Crippen LogP) is 2.47. The van der Waals surface area contributed by atoms with E-state index in [0.717, 1.165) is 19.6 Å². The van der Waals surface area contributed by atoms with Gasteiger partial charge in [-0.2, -0.15) is 4.98 Å². The number of hydrogen-bond donors (Lipinski definition) is 1. The minimum absolute atomic E-state index is 0.0476. The van der Waals surface area contributed by atoms with Crippen LogP contribution >= 0.6 is 0 Å². The number of carbonyl (C=O) groups is 1. The molecule has 0 saturated carbocycles. The predicted molar refractivity (Wildman–Crippen MR) is 84.4 cm³/mol. The SMILES string of the molecule is CC(C)c1noc(CNC(=O)CCN2CCCCCCC2)n1. The van der Waals surface area contributed by atoms with Crippen LogP contribution in [0, 0.1) is 0 Å². The summed E-state index contributed by atoms with van der Waals surface area (Å²) in [5.41, 5.74) is 0. The number of amides is 1. The average Bonchev–Trinajstić information content (AvgIpc) is 2.93. The second-order valence-electron chi connectivity index (χ2n) is 6.34. The molecule has 0 aliphatic carbocycles. The first-order valence-corrected chi connectivity index (χ1v) is 8.46. The molecule has 6 nitrogen and oxygen atoms in total. The molecule has 1 aromatic heterocycles. The molecule has 1 amide bonds. The first kappa shape index (κ1) is 16.9. The van der Waals surface area contributed by atoms with Crippen LogP contribution in [0.2, 0.25) is 0 Å². The molecular weight excluding hydrogens is 280 g/mol. The van der Waals surface area contributed by atoms with Gasteiger partial charge < -0.3 is 14.7 Å². The van der Waals surface area contributed by atoms with Gasteiger partial charge in [0.15, 0.2) is 5.82 Å². The van der Waals surface area contributed by atoms with Crippen LogP contribution in [-0.4, -0.2) is 40.6 Å². The summed E-state index contributed by atoms with van der Waals surface area (Å²) in [5.74, 6) is 1.44. The zero-order valence-electron chi connectivity index (χ0n) is 13.8. The highest BCUT2D eigenvalue weighted by Crippen LogP contribution is 2.11. The van der Waals surface area contributed by atoms with E-state index in [2.05, 4.69) is 20.4 Å². The lowest BCUT2D eigenvalue weighted by atomic mass is 10.1. The van der Waals surface area contributed by atoms with E-state index in [1.807, 2.05) is 13.8 Å². The highest BCUT2D eigenvalue weighted by Gasteiger charge is 2.12. The van der Waals surface area contributed by atoms with Crippen molar-refractivity contribution in [2.45, 2.75) is 64.8 Å². The number of nitrogens with one attached hydrogen (secondary N) is 1. The second-order valence-corrected chi connectivity index (χ2v) is 6.34. The molecule has 6 heteroatoms. The zero-order valence-corrected chi connectivity index (χ0v) is 13.8. The number of nitrogens with zero attached hydrogens (tertiary/aromatic N) is 3. The van der Waals surface area contributed by atoms with Gasteiger partial charge >= 0.3 is 0 Å². The van der Waals surface area contributed by atoms with Gasteiger partial charge in [0.05, 0.1) is 6.54 Å². The van der Waals surface area contributed by atoms with Gasteiger partial charge in [0.2, 0.25) is 11.8 Å². The molecule has 2 heterocycles. The van der Waals surface area contributed by atoms with E-state index in [1.165, 1.54) is 32.1 Å². The van der Waals surface area contributed by atoms with Crippen molar-refractivity contribution in [3.63, 3.8) is 0 Å². The number of aromatic nitrogens is 2. The third kappa shape index (κ3) is 5.75. The fraction of sp³-hybridized carbons (Fsp3) is 0.812. The highest BCUT2D eigenvalue weighted by molar-refractivity contribution is 5.75. The Kier molecular flexibility index (Phi) is 6.83. The van der Waals surface area contributed by atoms with Crippen LogP contribution in [0.25, 0.3) is 0 Å². The lowest BCUT2D eigenvalue weighted by Crippen LogP contribution is -2.32. The Hall–Kier alpha value is -1.43. The summed E-state index contributed by atoms with van der Waals surface area (Å²) in [7, 11) is 0. The Morgan fingerprint density at radius 1 is 1.23 bits per heavy atom. The van der Waals surface area contributed by atoms with Crippen LogP contribution in [0.15, 0.2) is 4.52 Å². The van der Waals surface area contributed by atoms with Crippen molar-refractivity contribution < 1.29 is 9.32 Å². The molecule has 1 aromatic rings. The molecule has 0 unspecified atom stereocenters. The van der Waals surface area contributed by atoms with Gasteiger partial charge in [-0.3, -0.25) is 4.79 Å². The van der Waals surface area contributed by atoms with E-state index in [0.29, 0.717) is 24.7 Å². The number of carbonyl (C=O) groups excluding carboxylic acids is 1. The van der Waals surface area contributed by atoms with Gasteiger partial charge in [-0.05, 0) is 25.9 Å². The summed E-state index contributed by atoms with van der Waals surface area (Å²) >= 11 is 0. The molecule has 0 spiro atoms. The summed E-state index contributed by atoms with van der Waals surface area (Å²) in [6.45, 7) is 7.42. The maximum atomic E-state index is 11.9. The Labute approximate surface area is 132 Å². The molecule has 0 atom stereocenters. The van der Waals surface area contributed by atoms with Crippen molar-refractivity contribution in [3.05, 3.63) is 11.7 Å². The Morgan fingerprint density at radius 2 is 1.91 bits per heavy atom. The molecule has 22 heavy (non-hydrogen) atoms. The molecule has 1 fully saturated rings. The molecule has 0 bridgehead atoms. The van der Waals surface area contributed by atoms with E-state index in [1.54, 1.807) is 0 Å². The van der Waals surface area contributed by atoms with Crippen LogP contribution in [0.1, 0.15) is 70.0 Å². The van der Waals surface area contributed by atoms with Gasteiger partial charge in [-0.25, -0.2) is 0 Å². The minimum atomic E-state index is 0.0476. The molecule has 0 radical (unpaired) electrons. The van der Waals surface area contributed by atoms with Crippen LogP contribution in [0.4, 0.5) is 0 Å². The van der Waals surface area contributed by atoms with E-state index in [-0.39, 0.29) is 11.8 Å². The van der Waals surface area contributed by atoms with Crippen molar-refractivity contribution in [1.82, 2.24) is 20.4 Å². The van der Waals surface area contributed by atoms with Crippen LogP contribution in [0.3, 0.4) is 0 Å². The third-order valence-corrected chi connectivity index (χ3v) is 4.04. The number of hydrogen-bond acceptors (Lipinski definition) is 5. The zero-order chi connectivity index (χ0) is 15.8. The van der Waals surface area contributed by atoms with Crippen LogP contribution in [-0.2, 0) is 11.3 Å². The van der Waals surface area contributed by atoms with Gasteiger partial charge in [-0.1, -0.05) is 38.3 Å². The Balaban J connectivity index is 1.66. The smallest absolute Gasteiger partial charge is 0.246 e. The number of rotatable bonds is 6. The first-order chi connectivity index (χ1) is 10.6. The molecule has 1 N–H and O–H groups in total. The lowest BCUT2D eigenvalue weighted by Gasteiger charge is -2.24. The molecule has 1 aliphatic rings. The van der Waals surface area contributed by atoms with Crippen molar-refractivity contribution in [1.29, 1.82) is 0 Å². The largest absolute Gasteiger partial charge is 0.347 e. The van der Waals surface area contributed by atoms with Crippen molar-refractivity contribution >= 4 is 5.91 Å². The minimum Gasteiger partial charge on any atom is -0.347 e. The second kappa shape index (κ2) is 8.88. The van der Waals surface area contributed by atoms with Crippen LogP contribution in [0.5, 0.6) is 0 Å². The fourth-order valence-corrected chi connectivity index (χ4v) is 2.63. The van der Waals surface area contributed by atoms with E-state index in [9.17, 15) is 4.79 Å². The monoisotopic (exact) mass is 308 g/mol. The average molecular weight is 308 g/mol. The van der Waals surface area contributed by atoms with Crippen molar-refractivity contribution in [2.75, 3.05) is 19.6 Å². The number of likely N-dealkylation sites (tertiary alicyclic amines) is 1. The van der Waals surface area contributed by atoms with Gasteiger partial charge in [-0.15, -0.1) is 0 Å². The molecule has 124 valence electrons. The topological polar surface area (TPSA) is 71.3 Å². The fourth-order valence-electron chi connectivity index (χ4n) is 2.63. The van der Waals surface area contributed by atoms with E-state index < -0.39 is 0 Å². The van der Waals surface area contributed by atoms with Crippen molar-refractivity contribution in [3.8, 4) is 0 Å². The van der Waals surface area contributed by atoms with Gasteiger partial charge in [0.25, 0.3) is 0 Å². The summed E-state index contributed by atoms with van der Waals surface area (Å²) < 4.78 is 5.11. The summed E-state index contributed by atoms with van der Waals surface area (Å²) in [6, 6.07) is 0. The summed E-state index contributed by atoms with van der Waals surface area (Å²) in [5, 5.41) is 6.74. The molecule has 2 rings (SSSR count). The first-order valence-electron chi connectivity index (χ1n) is 8.46. The Bertz CT molecular complexity index is 451. The summed E-state index contributed by atoms with van der Waals surface area (Å²) in [4.78, 5) is 18.6. The van der Waals surface area contributed by atoms with Gasteiger partial charge in [0, 0.05) is 18.9 Å². The normalized spacial score (nSPS) is 17.2. The van der Waals surface area contributed by atoms with E-state index >= 15 is 0 Å². The maximum absolute atomic E-state index is 11.9. The summed E-state index contributed by atoms with van der Waals surface area (Å²) in [6.07, 6.45) is 7.03. The lowest BCUT2D eigenvalue weighted by molar-refractivity contribution is -0.121. The van der Waals surface area contributed by atoms with Crippen molar-refractivity contribution in [2.24, 2.45) is 0 Å².